The number of anilines is 2. The highest BCUT2D eigenvalue weighted by Crippen LogP contribution is 2.30. The van der Waals surface area contributed by atoms with Gasteiger partial charge in [0.25, 0.3) is 0 Å². The minimum absolute atomic E-state index is 0.0171. The Balaban J connectivity index is 1.67. The molecule has 1 saturated carbocycles. The molecule has 0 unspecified atom stereocenters. The van der Waals surface area contributed by atoms with E-state index < -0.39 is 23.7 Å². The molecule has 2 amide bonds. The average molecular weight is 472 g/mol. The first-order valence-corrected chi connectivity index (χ1v) is 11.3. The maximum atomic E-state index is 15.2. The Morgan fingerprint density at radius 1 is 1.28 bits per heavy atom. The number of hydrazine groups is 1. The molecule has 10 nitrogen and oxygen atoms in total. The Morgan fingerprint density at radius 3 is 2.66 bits per heavy atom. The molecule has 1 aliphatic heterocycles. The second kappa shape index (κ2) is 11.0. The number of hydrogen-bond acceptors (Lipinski definition) is 7. The fraction of sp³-hybridized carbons (Fsp3) is 0.700. The third-order valence-electron chi connectivity index (χ3n) is 6.33. The van der Waals surface area contributed by atoms with Crippen molar-refractivity contribution in [3.05, 3.63) is 11.1 Å². The number of nitrogens with one attached hydrogen (secondary N) is 3. The van der Waals surface area contributed by atoms with E-state index in [2.05, 4.69) is 31.0 Å². The van der Waals surface area contributed by atoms with Gasteiger partial charge in [-0.25, -0.2) is 4.79 Å². The number of carbonyl (C=O) groups is 2. The quantitative estimate of drug-likeness (QED) is 0.336. The Kier molecular flexibility index (Phi) is 8.30. The SMILES string of the molecule is C[C@H]1CN(c2nc(Cl)nc(NNC(=O)[C@@H](CNC(=O)O)CC3CCCC3)c2F)CCN1C. The van der Waals surface area contributed by atoms with Crippen LogP contribution in [0.15, 0.2) is 0 Å². The number of rotatable bonds is 8. The van der Waals surface area contributed by atoms with Crippen LogP contribution >= 0.6 is 11.6 Å². The van der Waals surface area contributed by atoms with Gasteiger partial charge in [0.05, 0.1) is 5.92 Å². The molecule has 178 valence electrons. The van der Waals surface area contributed by atoms with Gasteiger partial charge in [0.2, 0.25) is 17.0 Å². The summed E-state index contributed by atoms with van der Waals surface area (Å²) in [5.74, 6) is -1.50. The summed E-state index contributed by atoms with van der Waals surface area (Å²) in [6.45, 7) is 3.94. The standard InChI is InChI=1S/C20H31ClFN7O3/c1-12-11-29(8-7-28(12)2)17-15(22)16(24-19(21)25-17)26-27-18(30)14(10-23-20(31)32)9-13-5-3-4-6-13/h12-14,23H,3-11H2,1-2H3,(H,27,30)(H,31,32)(H,24,25,26)/t12-,14+/m0/s1. The molecule has 0 radical (unpaired) electrons. The van der Waals surface area contributed by atoms with E-state index in [9.17, 15) is 9.59 Å². The highest BCUT2D eigenvalue weighted by Gasteiger charge is 2.28. The van der Waals surface area contributed by atoms with E-state index in [4.69, 9.17) is 16.7 Å². The van der Waals surface area contributed by atoms with Gasteiger partial charge in [-0.05, 0) is 37.9 Å². The normalized spacial score (nSPS) is 20.8. The van der Waals surface area contributed by atoms with Crippen molar-refractivity contribution >= 4 is 35.2 Å². The van der Waals surface area contributed by atoms with Gasteiger partial charge in [-0.2, -0.15) is 14.4 Å². The van der Waals surface area contributed by atoms with Crippen molar-refractivity contribution in [1.82, 2.24) is 25.6 Å². The van der Waals surface area contributed by atoms with Gasteiger partial charge in [0.1, 0.15) is 0 Å². The molecule has 0 spiro atoms. The lowest BCUT2D eigenvalue weighted by atomic mass is 9.92. The zero-order valence-corrected chi connectivity index (χ0v) is 19.2. The lowest BCUT2D eigenvalue weighted by Crippen LogP contribution is -2.50. The predicted octanol–water partition coefficient (Wildman–Crippen LogP) is 2.32. The maximum absolute atomic E-state index is 15.2. The van der Waals surface area contributed by atoms with Crippen molar-refractivity contribution in [3.63, 3.8) is 0 Å². The molecule has 3 rings (SSSR count). The molecular formula is C20H31ClFN7O3. The second-order valence-corrected chi connectivity index (χ2v) is 8.98. The van der Waals surface area contributed by atoms with Gasteiger partial charge in [-0.15, -0.1) is 0 Å². The van der Waals surface area contributed by atoms with Crippen LogP contribution in [0.3, 0.4) is 0 Å². The molecule has 1 aromatic rings. The van der Waals surface area contributed by atoms with E-state index in [0.29, 0.717) is 25.4 Å². The Bertz CT molecular complexity index is 825. The second-order valence-electron chi connectivity index (χ2n) is 8.64. The smallest absolute Gasteiger partial charge is 0.404 e. The molecule has 1 saturated heterocycles. The van der Waals surface area contributed by atoms with Crippen LogP contribution in [0.5, 0.6) is 0 Å². The molecule has 0 bridgehead atoms. The number of hydrogen-bond donors (Lipinski definition) is 4. The lowest BCUT2D eigenvalue weighted by molar-refractivity contribution is -0.124. The van der Waals surface area contributed by atoms with Crippen molar-refractivity contribution in [2.24, 2.45) is 11.8 Å². The molecule has 2 fully saturated rings. The minimum Gasteiger partial charge on any atom is -0.465 e. The first-order chi connectivity index (χ1) is 15.2. The van der Waals surface area contributed by atoms with Crippen molar-refractivity contribution < 1.29 is 19.1 Å². The number of piperazine rings is 1. The third-order valence-corrected chi connectivity index (χ3v) is 6.50. The molecule has 2 aliphatic rings. The number of carboxylic acid groups (broad SMARTS) is 1. The van der Waals surface area contributed by atoms with Gasteiger partial charge < -0.3 is 20.2 Å². The molecule has 2 heterocycles. The van der Waals surface area contributed by atoms with Crippen LogP contribution in [0.1, 0.15) is 39.0 Å². The van der Waals surface area contributed by atoms with Crippen molar-refractivity contribution in [2.45, 2.75) is 45.1 Å². The summed E-state index contributed by atoms with van der Waals surface area (Å²) in [6, 6.07) is 0.214. The first-order valence-electron chi connectivity index (χ1n) is 11.0. The van der Waals surface area contributed by atoms with E-state index in [1.54, 1.807) is 4.90 Å². The van der Waals surface area contributed by atoms with Crippen LogP contribution in [-0.2, 0) is 4.79 Å². The summed E-state index contributed by atoms with van der Waals surface area (Å²) in [6.07, 6.45) is 3.64. The van der Waals surface area contributed by atoms with Crippen molar-refractivity contribution in [2.75, 3.05) is 43.6 Å². The van der Waals surface area contributed by atoms with Gasteiger partial charge in [-0.1, -0.05) is 25.7 Å². The van der Waals surface area contributed by atoms with E-state index in [-0.39, 0.29) is 29.5 Å². The van der Waals surface area contributed by atoms with Crippen LogP contribution in [0.4, 0.5) is 20.8 Å². The van der Waals surface area contributed by atoms with Crippen LogP contribution < -0.4 is 21.1 Å². The molecule has 4 N–H and O–H groups in total. The minimum atomic E-state index is -1.19. The molecule has 1 aromatic heterocycles. The lowest BCUT2D eigenvalue weighted by Gasteiger charge is -2.38. The first kappa shape index (κ1) is 24.2. The number of likely N-dealkylation sites (N-methyl/N-ethyl adjacent to an activating group) is 1. The highest BCUT2D eigenvalue weighted by atomic mass is 35.5. The van der Waals surface area contributed by atoms with E-state index in [1.165, 1.54) is 0 Å². The van der Waals surface area contributed by atoms with Crippen molar-refractivity contribution in [1.29, 1.82) is 0 Å². The van der Waals surface area contributed by atoms with Crippen LogP contribution in [-0.4, -0.2) is 71.2 Å². The molecule has 12 heteroatoms. The highest BCUT2D eigenvalue weighted by molar-refractivity contribution is 6.28. The third kappa shape index (κ3) is 6.32. The van der Waals surface area contributed by atoms with Crippen LogP contribution in [0.25, 0.3) is 0 Å². The van der Waals surface area contributed by atoms with Gasteiger partial charge >= 0.3 is 6.09 Å². The fourth-order valence-electron chi connectivity index (χ4n) is 4.31. The van der Waals surface area contributed by atoms with Gasteiger partial charge in [-0.3, -0.25) is 15.6 Å². The summed E-state index contributed by atoms with van der Waals surface area (Å²) in [5.41, 5.74) is 5.00. The van der Waals surface area contributed by atoms with Crippen LogP contribution in [0.2, 0.25) is 5.28 Å². The van der Waals surface area contributed by atoms with E-state index in [0.717, 1.165) is 32.2 Å². The summed E-state index contributed by atoms with van der Waals surface area (Å²) in [4.78, 5) is 35.6. The Hall–Kier alpha value is -2.40. The van der Waals surface area contributed by atoms with E-state index in [1.807, 2.05) is 14.0 Å². The largest absolute Gasteiger partial charge is 0.465 e. The summed E-state index contributed by atoms with van der Waals surface area (Å²) in [5, 5.41) is 11.1. The summed E-state index contributed by atoms with van der Waals surface area (Å²) in [7, 11) is 2.01. The topological polar surface area (TPSA) is 123 Å². The van der Waals surface area contributed by atoms with Crippen LogP contribution in [0, 0.1) is 17.7 Å². The summed E-state index contributed by atoms with van der Waals surface area (Å²) < 4.78 is 15.2. The number of halogens is 2. The zero-order valence-electron chi connectivity index (χ0n) is 18.4. The fourth-order valence-corrected chi connectivity index (χ4v) is 4.47. The predicted molar refractivity (Wildman–Crippen MR) is 119 cm³/mol. The summed E-state index contributed by atoms with van der Waals surface area (Å²) >= 11 is 6.03. The number of nitrogens with zero attached hydrogens (tertiary/aromatic N) is 4. The van der Waals surface area contributed by atoms with Gasteiger partial charge in [0.15, 0.2) is 11.6 Å². The average Bonchev–Trinajstić information content (AvgIpc) is 3.26. The molecule has 0 aromatic carbocycles. The zero-order chi connectivity index (χ0) is 23.3. The molecular weight excluding hydrogens is 441 g/mol. The van der Waals surface area contributed by atoms with Crippen molar-refractivity contribution in [3.8, 4) is 0 Å². The number of carbonyl (C=O) groups excluding carboxylic acids is 1. The molecule has 2 atom stereocenters. The molecule has 32 heavy (non-hydrogen) atoms. The number of amides is 2. The Morgan fingerprint density at radius 2 is 2.00 bits per heavy atom. The Labute approximate surface area is 191 Å². The van der Waals surface area contributed by atoms with Gasteiger partial charge in [0, 0.05) is 32.2 Å². The monoisotopic (exact) mass is 471 g/mol. The maximum Gasteiger partial charge on any atom is 0.404 e. The number of aromatic nitrogens is 2. The van der Waals surface area contributed by atoms with E-state index >= 15 is 4.39 Å². The molecule has 1 aliphatic carbocycles.